The van der Waals surface area contributed by atoms with E-state index >= 15 is 0 Å². The van der Waals surface area contributed by atoms with Crippen molar-refractivity contribution in [1.82, 2.24) is 14.7 Å². The van der Waals surface area contributed by atoms with E-state index in [1.54, 1.807) is 6.92 Å². The lowest BCUT2D eigenvalue weighted by Gasteiger charge is -2.38. The number of Topliss-reactive ketones (excluding diaryl/α,β-unsaturated/α-hetero) is 1. The summed E-state index contributed by atoms with van der Waals surface area (Å²) in [7, 11) is 0. The Morgan fingerprint density at radius 2 is 1.52 bits per heavy atom. The van der Waals surface area contributed by atoms with E-state index < -0.39 is 0 Å². The quantitative estimate of drug-likeness (QED) is 0.764. The molecule has 0 spiro atoms. The zero-order chi connectivity index (χ0) is 19.6. The molecule has 3 rings (SSSR count). The van der Waals surface area contributed by atoms with Gasteiger partial charge in [0.1, 0.15) is 0 Å². The fourth-order valence-electron chi connectivity index (χ4n) is 4.29. The summed E-state index contributed by atoms with van der Waals surface area (Å²) in [6, 6.07) is 2.26. The molecule has 6 heteroatoms. The van der Waals surface area contributed by atoms with Gasteiger partial charge in [0.15, 0.2) is 5.78 Å². The van der Waals surface area contributed by atoms with Gasteiger partial charge in [-0.15, -0.1) is 0 Å². The van der Waals surface area contributed by atoms with E-state index in [2.05, 4.69) is 24.8 Å². The van der Waals surface area contributed by atoms with Crippen LogP contribution < -0.4 is 0 Å². The standard InChI is InChI=1S/C21H31N3O3/c1-15-13-16(2)20(18(4)25)17(3)19(15)14-22-5-7-23(8-6-22)21(26)24-9-11-27-12-10-24/h13H,5-12,14H2,1-4H3. The number of amides is 2. The second-order valence-electron chi connectivity index (χ2n) is 7.69. The number of urea groups is 1. The Balaban J connectivity index is 1.63. The lowest BCUT2D eigenvalue weighted by Crippen LogP contribution is -2.54. The van der Waals surface area contributed by atoms with Gasteiger partial charge < -0.3 is 14.5 Å². The second-order valence-corrected chi connectivity index (χ2v) is 7.69. The van der Waals surface area contributed by atoms with Gasteiger partial charge in [-0.2, -0.15) is 0 Å². The lowest BCUT2D eigenvalue weighted by atomic mass is 9.91. The first-order valence-electron chi connectivity index (χ1n) is 9.83. The molecule has 2 amide bonds. The number of aryl methyl sites for hydroxylation is 2. The highest BCUT2D eigenvalue weighted by Gasteiger charge is 2.27. The van der Waals surface area contributed by atoms with Crippen molar-refractivity contribution in [2.75, 3.05) is 52.5 Å². The van der Waals surface area contributed by atoms with Gasteiger partial charge >= 0.3 is 6.03 Å². The maximum Gasteiger partial charge on any atom is 0.320 e. The maximum absolute atomic E-state index is 12.6. The first-order valence-corrected chi connectivity index (χ1v) is 9.83. The van der Waals surface area contributed by atoms with Crippen LogP contribution in [0.2, 0.25) is 0 Å². The van der Waals surface area contributed by atoms with Gasteiger partial charge in [-0.05, 0) is 49.9 Å². The van der Waals surface area contributed by atoms with Gasteiger partial charge in [0, 0.05) is 51.4 Å². The molecule has 2 heterocycles. The molecule has 2 aliphatic heterocycles. The SMILES string of the molecule is CC(=O)c1c(C)cc(C)c(CN2CCN(C(=O)N3CCOCC3)CC2)c1C. The van der Waals surface area contributed by atoms with Crippen LogP contribution in [0.5, 0.6) is 0 Å². The first-order chi connectivity index (χ1) is 12.9. The minimum atomic E-state index is 0.132. The summed E-state index contributed by atoms with van der Waals surface area (Å²) in [5.74, 6) is 0.132. The zero-order valence-electron chi connectivity index (χ0n) is 17.0. The Morgan fingerprint density at radius 1 is 0.926 bits per heavy atom. The van der Waals surface area contributed by atoms with Gasteiger partial charge in [-0.1, -0.05) is 6.07 Å². The third-order valence-electron chi connectivity index (χ3n) is 5.79. The van der Waals surface area contributed by atoms with Crippen molar-refractivity contribution >= 4 is 11.8 Å². The molecule has 2 saturated heterocycles. The minimum absolute atomic E-state index is 0.132. The molecule has 27 heavy (non-hydrogen) atoms. The molecule has 0 unspecified atom stereocenters. The number of hydrogen-bond acceptors (Lipinski definition) is 4. The summed E-state index contributed by atoms with van der Waals surface area (Å²) in [4.78, 5) is 30.9. The molecule has 1 aromatic carbocycles. The molecule has 6 nitrogen and oxygen atoms in total. The normalized spacial score (nSPS) is 18.7. The van der Waals surface area contributed by atoms with E-state index in [1.165, 1.54) is 11.1 Å². The summed E-state index contributed by atoms with van der Waals surface area (Å²) in [6.45, 7) is 14.5. The Labute approximate surface area is 162 Å². The molecule has 0 N–H and O–H groups in total. The third kappa shape index (κ3) is 4.33. The van der Waals surface area contributed by atoms with Crippen LogP contribution >= 0.6 is 0 Å². The molecule has 0 aliphatic carbocycles. The van der Waals surface area contributed by atoms with Crippen molar-refractivity contribution in [3.8, 4) is 0 Å². The van der Waals surface area contributed by atoms with Crippen molar-refractivity contribution in [3.63, 3.8) is 0 Å². The molecule has 2 fully saturated rings. The number of rotatable bonds is 3. The predicted octanol–water partition coefficient (Wildman–Crippen LogP) is 2.38. The molecular weight excluding hydrogens is 342 g/mol. The molecule has 2 aliphatic rings. The Morgan fingerprint density at radius 3 is 2.11 bits per heavy atom. The van der Waals surface area contributed by atoms with Gasteiger partial charge in [-0.3, -0.25) is 9.69 Å². The molecule has 0 aromatic heterocycles. The third-order valence-corrected chi connectivity index (χ3v) is 5.79. The van der Waals surface area contributed by atoms with Crippen LogP contribution in [-0.2, 0) is 11.3 Å². The Hall–Kier alpha value is -1.92. The smallest absolute Gasteiger partial charge is 0.320 e. The number of hydrogen-bond donors (Lipinski definition) is 0. The maximum atomic E-state index is 12.6. The lowest BCUT2D eigenvalue weighted by molar-refractivity contribution is 0.0372. The van der Waals surface area contributed by atoms with E-state index in [1.807, 2.05) is 16.7 Å². The van der Waals surface area contributed by atoms with E-state index in [4.69, 9.17) is 4.74 Å². The molecule has 0 atom stereocenters. The number of carbonyl (C=O) groups excluding carboxylic acids is 2. The van der Waals surface area contributed by atoms with Crippen LogP contribution in [0, 0.1) is 20.8 Å². The molecule has 148 valence electrons. The van der Waals surface area contributed by atoms with Crippen LogP contribution in [0.4, 0.5) is 4.79 Å². The highest BCUT2D eigenvalue weighted by Crippen LogP contribution is 2.24. The second kappa shape index (κ2) is 8.40. The molecule has 0 radical (unpaired) electrons. The number of ketones is 1. The van der Waals surface area contributed by atoms with Crippen molar-refractivity contribution < 1.29 is 14.3 Å². The van der Waals surface area contributed by atoms with E-state index in [0.29, 0.717) is 26.3 Å². The number of ether oxygens (including phenoxy) is 1. The number of carbonyl (C=O) groups is 2. The average molecular weight is 373 g/mol. The van der Waals surface area contributed by atoms with E-state index in [-0.39, 0.29) is 11.8 Å². The summed E-state index contributed by atoms with van der Waals surface area (Å²) in [6.07, 6.45) is 0. The van der Waals surface area contributed by atoms with Gasteiger partial charge in [0.2, 0.25) is 0 Å². The monoisotopic (exact) mass is 373 g/mol. The highest BCUT2D eigenvalue weighted by atomic mass is 16.5. The molecule has 0 saturated carbocycles. The number of benzene rings is 1. The highest BCUT2D eigenvalue weighted by molar-refractivity contribution is 5.97. The number of nitrogens with zero attached hydrogens (tertiary/aromatic N) is 3. The summed E-state index contributed by atoms with van der Waals surface area (Å²) < 4.78 is 5.33. The zero-order valence-corrected chi connectivity index (χ0v) is 17.0. The summed E-state index contributed by atoms with van der Waals surface area (Å²) in [5, 5.41) is 0. The van der Waals surface area contributed by atoms with Gasteiger partial charge in [0.25, 0.3) is 0 Å². The molecule has 1 aromatic rings. The fourth-order valence-corrected chi connectivity index (χ4v) is 4.29. The van der Waals surface area contributed by atoms with E-state index in [9.17, 15) is 9.59 Å². The largest absolute Gasteiger partial charge is 0.378 e. The first kappa shape index (κ1) is 19.8. The minimum Gasteiger partial charge on any atom is -0.378 e. The van der Waals surface area contributed by atoms with Gasteiger partial charge in [0.05, 0.1) is 13.2 Å². The van der Waals surface area contributed by atoms with Crippen LogP contribution in [0.1, 0.15) is 39.5 Å². The Kier molecular flexibility index (Phi) is 6.17. The van der Waals surface area contributed by atoms with Gasteiger partial charge in [-0.25, -0.2) is 4.79 Å². The van der Waals surface area contributed by atoms with Crippen molar-refractivity contribution in [1.29, 1.82) is 0 Å². The molecular formula is C21H31N3O3. The molecule has 0 bridgehead atoms. The number of piperazine rings is 1. The predicted molar refractivity (Wildman–Crippen MR) is 105 cm³/mol. The van der Waals surface area contributed by atoms with Crippen molar-refractivity contribution in [2.45, 2.75) is 34.2 Å². The Bertz CT molecular complexity index is 718. The van der Waals surface area contributed by atoms with Crippen LogP contribution in [-0.4, -0.2) is 79.0 Å². The topological polar surface area (TPSA) is 53.1 Å². The van der Waals surface area contributed by atoms with E-state index in [0.717, 1.165) is 49.4 Å². The fraction of sp³-hybridized carbons (Fsp3) is 0.619. The average Bonchev–Trinajstić information content (AvgIpc) is 2.65. The van der Waals surface area contributed by atoms with Crippen LogP contribution in [0.25, 0.3) is 0 Å². The van der Waals surface area contributed by atoms with Crippen molar-refractivity contribution in [2.24, 2.45) is 0 Å². The summed E-state index contributed by atoms with van der Waals surface area (Å²) >= 11 is 0. The number of morpholine rings is 1. The van der Waals surface area contributed by atoms with Crippen LogP contribution in [0.3, 0.4) is 0 Å². The van der Waals surface area contributed by atoms with Crippen molar-refractivity contribution in [3.05, 3.63) is 33.9 Å². The summed E-state index contributed by atoms with van der Waals surface area (Å²) in [5.41, 5.74) is 5.51. The van der Waals surface area contributed by atoms with Crippen LogP contribution in [0.15, 0.2) is 6.07 Å².